The van der Waals surface area contributed by atoms with Crippen LogP contribution in [0.15, 0.2) is 24.3 Å². The summed E-state index contributed by atoms with van der Waals surface area (Å²) in [7, 11) is 1.59. The molecule has 1 fully saturated rings. The van der Waals surface area contributed by atoms with Crippen molar-refractivity contribution in [1.82, 2.24) is 0 Å². The maximum Gasteiger partial charge on any atom is 0.265 e. The van der Waals surface area contributed by atoms with Gasteiger partial charge in [-0.1, -0.05) is 13.3 Å². The van der Waals surface area contributed by atoms with Crippen LogP contribution in [-0.4, -0.2) is 25.5 Å². The summed E-state index contributed by atoms with van der Waals surface area (Å²) in [6.07, 6.45) is 6.02. The van der Waals surface area contributed by atoms with Crippen LogP contribution in [0.1, 0.15) is 52.7 Å². The number of methoxy groups -OCH3 is 1. The molecule has 6 heteroatoms. The normalized spacial score (nSPS) is 18.9. The van der Waals surface area contributed by atoms with E-state index in [2.05, 4.69) is 18.3 Å². The molecule has 0 radical (unpaired) electrons. The Morgan fingerprint density at radius 2 is 2.18 bits per heavy atom. The minimum atomic E-state index is -0.0838. The van der Waals surface area contributed by atoms with E-state index in [0.29, 0.717) is 24.4 Å². The lowest BCUT2D eigenvalue weighted by Gasteiger charge is -2.19. The maximum atomic E-state index is 12.8. The second kappa shape index (κ2) is 7.95. The van der Waals surface area contributed by atoms with Crippen molar-refractivity contribution >= 4 is 34.5 Å². The van der Waals surface area contributed by atoms with Gasteiger partial charge in [-0.05, 0) is 55.4 Å². The first-order valence-corrected chi connectivity index (χ1v) is 10.8. The van der Waals surface area contributed by atoms with Crippen molar-refractivity contribution < 1.29 is 14.3 Å². The molecule has 1 aromatic heterocycles. The van der Waals surface area contributed by atoms with E-state index in [1.165, 1.54) is 23.3 Å². The molecule has 1 N–H and O–H groups in total. The second-order valence-electron chi connectivity index (χ2n) is 7.57. The molecule has 2 amide bonds. The van der Waals surface area contributed by atoms with E-state index in [4.69, 9.17) is 4.74 Å². The molecule has 2 heterocycles. The summed E-state index contributed by atoms with van der Waals surface area (Å²) in [6.45, 7) is 2.95. The number of nitrogens with one attached hydrogen (secondary N) is 1. The first-order valence-electron chi connectivity index (χ1n) is 10.0. The molecule has 0 bridgehead atoms. The molecule has 1 aromatic carbocycles. The fraction of sp³-hybridized carbons (Fsp3) is 0.455. The average Bonchev–Trinajstić information content (AvgIpc) is 3.33. The van der Waals surface area contributed by atoms with Gasteiger partial charge in [0, 0.05) is 29.6 Å². The van der Waals surface area contributed by atoms with Gasteiger partial charge in [-0.2, -0.15) is 0 Å². The molecule has 148 valence electrons. The zero-order valence-corrected chi connectivity index (χ0v) is 17.2. The van der Waals surface area contributed by atoms with Crippen LogP contribution in [0.25, 0.3) is 0 Å². The number of hydrogen-bond acceptors (Lipinski definition) is 4. The minimum Gasteiger partial charge on any atom is -0.494 e. The van der Waals surface area contributed by atoms with E-state index in [-0.39, 0.29) is 11.8 Å². The predicted octanol–water partition coefficient (Wildman–Crippen LogP) is 4.65. The number of fused-ring (bicyclic) bond motifs is 1. The predicted molar refractivity (Wildman–Crippen MR) is 113 cm³/mol. The van der Waals surface area contributed by atoms with Crippen molar-refractivity contribution in [2.45, 2.75) is 45.4 Å². The number of ether oxygens (including phenoxy) is 1. The summed E-state index contributed by atoms with van der Waals surface area (Å²) in [4.78, 5) is 28.7. The first-order chi connectivity index (χ1) is 13.6. The quantitative estimate of drug-likeness (QED) is 0.797. The summed E-state index contributed by atoms with van der Waals surface area (Å²) in [5, 5.41) is 2.98. The van der Waals surface area contributed by atoms with Gasteiger partial charge in [-0.15, -0.1) is 11.3 Å². The Labute approximate surface area is 169 Å². The lowest BCUT2D eigenvalue weighted by Crippen LogP contribution is -2.24. The maximum absolute atomic E-state index is 12.8. The number of anilines is 2. The van der Waals surface area contributed by atoms with Gasteiger partial charge in [0.1, 0.15) is 5.75 Å². The van der Waals surface area contributed by atoms with Gasteiger partial charge in [0.25, 0.3) is 5.91 Å². The number of rotatable bonds is 5. The van der Waals surface area contributed by atoms with Crippen molar-refractivity contribution in [2.24, 2.45) is 5.92 Å². The third-order valence-electron chi connectivity index (χ3n) is 5.79. The summed E-state index contributed by atoms with van der Waals surface area (Å²) in [6, 6.07) is 7.54. The Bertz CT molecular complexity index is 905. The summed E-state index contributed by atoms with van der Waals surface area (Å²) < 4.78 is 5.48. The molecule has 1 aliphatic heterocycles. The first kappa shape index (κ1) is 19.0. The lowest BCUT2D eigenvalue weighted by atomic mass is 9.87. The highest BCUT2D eigenvalue weighted by Crippen LogP contribution is 2.36. The highest BCUT2D eigenvalue weighted by atomic mass is 32.1. The number of amides is 2. The van der Waals surface area contributed by atoms with Crippen molar-refractivity contribution in [3.63, 3.8) is 0 Å². The van der Waals surface area contributed by atoms with Crippen LogP contribution in [0, 0.1) is 5.92 Å². The molecular weight excluding hydrogens is 372 g/mol. The zero-order valence-electron chi connectivity index (χ0n) is 16.4. The standard InChI is InChI=1S/C22H26N2O3S/c1-3-14-6-9-19-15(11-14)12-20(28-19)22(26)23-16-7-8-17(18(13-16)27-2)24-10-4-5-21(24)25/h7-8,12-14H,3-6,9-11H2,1-2H3,(H,23,26)/t14-/m1/s1. The average molecular weight is 399 g/mol. The second-order valence-corrected chi connectivity index (χ2v) is 8.70. The van der Waals surface area contributed by atoms with Crippen molar-refractivity contribution in [3.8, 4) is 5.75 Å². The van der Waals surface area contributed by atoms with E-state index in [1.54, 1.807) is 29.4 Å². The summed E-state index contributed by atoms with van der Waals surface area (Å²) in [5.74, 6) is 1.37. The molecule has 0 spiro atoms. The van der Waals surface area contributed by atoms with Crippen LogP contribution < -0.4 is 15.0 Å². The molecule has 2 aromatic rings. The highest BCUT2D eigenvalue weighted by Gasteiger charge is 2.25. The number of nitrogens with zero attached hydrogens (tertiary/aromatic N) is 1. The molecule has 2 aliphatic rings. The SMILES string of the molecule is CC[C@@H]1CCc2sc(C(=O)Nc3ccc(N4CCCC4=O)c(OC)c3)cc2C1. The molecule has 5 nitrogen and oxygen atoms in total. The van der Waals surface area contributed by atoms with Crippen LogP contribution in [-0.2, 0) is 17.6 Å². The smallest absolute Gasteiger partial charge is 0.265 e. The highest BCUT2D eigenvalue weighted by molar-refractivity contribution is 7.14. The van der Waals surface area contributed by atoms with E-state index in [1.807, 2.05) is 12.1 Å². The number of benzene rings is 1. The lowest BCUT2D eigenvalue weighted by molar-refractivity contribution is -0.117. The van der Waals surface area contributed by atoms with Crippen LogP contribution in [0.3, 0.4) is 0 Å². The van der Waals surface area contributed by atoms with Gasteiger partial charge in [0.05, 0.1) is 17.7 Å². The number of thiophene rings is 1. The number of carbonyl (C=O) groups is 2. The van der Waals surface area contributed by atoms with Crippen molar-refractivity contribution in [1.29, 1.82) is 0 Å². The topological polar surface area (TPSA) is 58.6 Å². The number of aryl methyl sites for hydroxylation is 1. The Hall–Kier alpha value is -2.34. The molecule has 0 saturated carbocycles. The molecule has 1 saturated heterocycles. The summed E-state index contributed by atoms with van der Waals surface area (Å²) >= 11 is 1.61. The van der Waals surface area contributed by atoms with Gasteiger partial charge in [-0.3, -0.25) is 9.59 Å². The molecule has 1 aliphatic carbocycles. The van der Waals surface area contributed by atoms with Crippen LogP contribution in [0.4, 0.5) is 11.4 Å². The number of hydrogen-bond donors (Lipinski definition) is 1. The van der Waals surface area contributed by atoms with Gasteiger partial charge in [0.15, 0.2) is 0 Å². The Morgan fingerprint density at radius 1 is 1.32 bits per heavy atom. The van der Waals surface area contributed by atoms with Crippen LogP contribution in [0.5, 0.6) is 5.75 Å². The van der Waals surface area contributed by atoms with Gasteiger partial charge >= 0.3 is 0 Å². The van der Waals surface area contributed by atoms with E-state index < -0.39 is 0 Å². The van der Waals surface area contributed by atoms with Crippen molar-refractivity contribution in [2.75, 3.05) is 23.9 Å². The third-order valence-corrected chi connectivity index (χ3v) is 7.02. The Kier molecular flexibility index (Phi) is 5.40. The molecule has 28 heavy (non-hydrogen) atoms. The van der Waals surface area contributed by atoms with Gasteiger partial charge in [-0.25, -0.2) is 0 Å². The fourth-order valence-electron chi connectivity index (χ4n) is 4.13. The largest absolute Gasteiger partial charge is 0.494 e. The minimum absolute atomic E-state index is 0.0838. The number of carbonyl (C=O) groups excluding carboxylic acids is 2. The van der Waals surface area contributed by atoms with Gasteiger partial charge < -0.3 is 15.0 Å². The monoisotopic (exact) mass is 398 g/mol. The molecule has 0 unspecified atom stereocenters. The fourth-order valence-corrected chi connectivity index (χ4v) is 5.24. The van der Waals surface area contributed by atoms with E-state index in [9.17, 15) is 9.59 Å². The summed E-state index contributed by atoms with van der Waals surface area (Å²) in [5.41, 5.74) is 2.78. The van der Waals surface area contributed by atoms with Crippen LogP contribution in [0.2, 0.25) is 0 Å². The molecule has 1 atom stereocenters. The van der Waals surface area contributed by atoms with E-state index in [0.717, 1.165) is 35.7 Å². The Morgan fingerprint density at radius 3 is 2.89 bits per heavy atom. The third kappa shape index (κ3) is 3.65. The van der Waals surface area contributed by atoms with Crippen molar-refractivity contribution in [3.05, 3.63) is 39.6 Å². The van der Waals surface area contributed by atoms with E-state index >= 15 is 0 Å². The molecule has 4 rings (SSSR count). The molecular formula is C22H26N2O3S. The van der Waals surface area contributed by atoms with Crippen LogP contribution >= 0.6 is 11.3 Å². The zero-order chi connectivity index (χ0) is 19.7. The van der Waals surface area contributed by atoms with Gasteiger partial charge in [0.2, 0.25) is 5.91 Å². The Balaban J connectivity index is 1.50.